The normalized spacial score (nSPS) is 10.6. The van der Waals surface area contributed by atoms with E-state index in [0.29, 0.717) is 5.69 Å². The molecule has 0 spiro atoms. The lowest BCUT2D eigenvalue weighted by molar-refractivity contribution is 0.0590. The predicted molar refractivity (Wildman–Crippen MR) is 64.8 cm³/mol. The number of nitrogens with zero attached hydrogens (tertiary/aromatic N) is 2. The van der Waals surface area contributed by atoms with Crippen molar-refractivity contribution < 1.29 is 9.53 Å². The first-order valence-electron chi connectivity index (χ1n) is 4.34. The highest BCUT2D eigenvalue weighted by atomic mass is 127. The van der Waals surface area contributed by atoms with Gasteiger partial charge in [0, 0.05) is 16.0 Å². The second-order valence-corrected chi connectivity index (χ2v) is 4.37. The molecule has 2 rings (SSSR count). The third-order valence-corrected chi connectivity index (χ3v) is 2.85. The van der Waals surface area contributed by atoms with Crippen LogP contribution in [0.5, 0.6) is 0 Å². The smallest absolute Gasteiger partial charge is 0.356 e. The second kappa shape index (κ2) is 3.80. The molecule has 1 aromatic carbocycles. The molecule has 0 amide bonds. The van der Waals surface area contributed by atoms with Crippen LogP contribution in [0.2, 0.25) is 0 Å². The Morgan fingerprint density at radius 3 is 2.93 bits per heavy atom. The number of hydrogen-bond acceptors (Lipinski definition) is 3. The van der Waals surface area contributed by atoms with Gasteiger partial charge < -0.3 is 4.74 Å². The van der Waals surface area contributed by atoms with Crippen molar-refractivity contribution in [2.45, 2.75) is 0 Å². The van der Waals surface area contributed by atoms with Gasteiger partial charge in [-0.1, -0.05) is 0 Å². The van der Waals surface area contributed by atoms with Gasteiger partial charge in [0.1, 0.15) is 0 Å². The highest BCUT2D eigenvalue weighted by molar-refractivity contribution is 14.1. The van der Waals surface area contributed by atoms with Crippen molar-refractivity contribution in [2.75, 3.05) is 7.11 Å². The summed E-state index contributed by atoms with van der Waals surface area (Å²) in [5.74, 6) is -0.360. The molecule has 0 unspecified atom stereocenters. The molecule has 0 aliphatic heterocycles. The van der Waals surface area contributed by atoms with Crippen LogP contribution in [0, 0.1) is 3.57 Å². The first-order chi connectivity index (χ1) is 7.13. The largest absolute Gasteiger partial charge is 0.464 e. The number of hydrogen-bond donors (Lipinski definition) is 0. The van der Waals surface area contributed by atoms with E-state index in [1.165, 1.54) is 7.11 Å². The number of benzene rings is 1. The maximum absolute atomic E-state index is 11.5. The van der Waals surface area contributed by atoms with Crippen LogP contribution in [-0.4, -0.2) is 22.9 Å². The molecule has 0 aliphatic carbocycles. The molecule has 4 nitrogen and oxygen atoms in total. The van der Waals surface area contributed by atoms with Crippen molar-refractivity contribution in [3.05, 3.63) is 27.5 Å². The van der Waals surface area contributed by atoms with Gasteiger partial charge in [-0.15, -0.1) is 0 Å². The second-order valence-electron chi connectivity index (χ2n) is 3.13. The van der Waals surface area contributed by atoms with Crippen molar-refractivity contribution in [3.8, 4) is 0 Å². The van der Waals surface area contributed by atoms with Gasteiger partial charge in [0.05, 0.1) is 12.6 Å². The number of fused-ring (bicyclic) bond motifs is 1. The SMILES string of the molecule is COC(=O)c1c2ccc(I)cc2nn1C. The summed E-state index contributed by atoms with van der Waals surface area (Å²) in [5.41, 5.74) is 1.30. The number of carbonyl (C=O) groups excluding carboxylic acids is 1. The summed E-state index contributed by atoms with van der Waals surface area (Å²) in [6, 6.07) is 5.76. The van der Waals surface area contributed by atoms with E-state index in [0.717, 1.165) is 14.5 Å². The van der Waals surface area contributed by atoms with Gasteiger partial charge >= 0.3 is 5.97 Å². The number of ether oxygens (including phenoxy) is 1. The quantitative estimate of drug-likeness (QED) is 0.597. The molecule has 0 bridgehead atoms. The minimum Gasteiger partial charge on any atom is -0.464 e. The fraction of sp³-hybridized carbons (Fsp3) is 0.200. The number of carbonyl (C=O) groups is 1. The first kappa shape index (κ1) is 10.4. The highest BCUT2D eigenvalue weighted by Gasteiger charge is 2.16. The lowest BCUT2D eigenvalue weighted by Crippen LogP contribution is -2.08. The fourth-order valence-electron chi connectivity index (χ4n) is 1.51. The molecule has 1 heterocycles. The maximum atomic E-state index is 11.5. The van der Waals surface area contributed by atoms with Gasteiger partial charge in [-0.05, 0) is 40.8 Å². The maximum Gasteiger partial charge on any atom is 0.356 e. The van der Waals surface area contributed by atoms with Gasteiger partial charge in [-0.3, -0.25) is 4.68 Å². The molecular formula is C10H9IN2O2. The van der Waals surface area contributed by atoms with Crippen LogP contribution in [0.3, 0.4) is 0 Å². The summed E-state index contributed by atoms with van der Waals surface area (Å²) < 4.78 is 7.35. The first-order valence-corrected chi connectivity index (χ1v) is 5.42. The summed E-state index contributed by atoms with van der Waals surface area (Å²) >= 11 is 2.21. The van der Waals surface area contributed by atoms with E-state index in [4.69, 9.17) is 4.74 Å². The number of halogens is 1. The number of rotatable bonds is 1. The van der Waals surface area contributed by atoms with E-state index in [-0.39, 0.29) is 5.97 Å². The topological polar surface area (TPSA) is 44.1 Å². The van der Waals surface area contributed by atoms with Crippen molar-refractivity contribution in [1.29, 1.82) is 0 Å². The van der Waals surface area contributed by atoms with Crippen molar-refractivity contribution in [1.82, 2.24) is 9.78 Å². The van der Waals surface area contributed by atoms with E-state index in [9.17, 15) is 4.79 Å². The predicted octanol–water partition coefficient (Wildman–Crippen LogP) is 1.96. The Labute approximate surface area is 100 Å². The zero-order chi connectivity index (χ0) is 11.0. The molecule has 78 valence electrons. The van der Waals surface area contributed by atoms with Crippen LogP contribution < -0.4 is 0 Å². The molecule has 0 saturated heterocycles. The fourth-order valence-corrected chi connectivity index (χ4v) is 1.99. The minimum atomic E-state index is -0.360. The monoisotopic (exact) mass is 316 g/mol. The van der Waals surface area contributed by atoms with Crippen LogP contribution >= 0.6 is 22.6 Å². The van der Waals surface area contributed by atoms with Crippen molar-refractivity contribution in [2.24, 2.45) is 7.05 Å². The van der Waals surface area contributed by atoms with Crippen LogP contribution in [0.4, 0.5) is 0 Å². The standard InChI is InChI=1S/C10H9IN2O2/c1-13-9(10(14)15-2)7-4-3-6(11)5-8(7)12-13/h3-5H,1-2H3. The molecule has 15 heavy (non-hydrogen) atoms. The average Bonchev–Trinajstić information content (AvgIpc) is 2.52. The molecule has 0 atom stereocenters. The molecule has 2 aromatic rings. The molecule has 5 heteroatoms. The van der Waals surface area contributed by atoms with Gasteiger partial charge in [0.15, 0.2) is 5.69 Å². The summed E-state index contributed by atoms with van der Waals surface area (Å²) in [6.07, 6.45) is 0. The van der Waals surface area contributed by atoms with E-state index in [1.54, 1.807) is 11.7 Å². The molecule has 0 radical (unpaired) electrons. The Balaban J connectivity index is 2.73. The van der Waals surface area contributed by atoms with Crippen LogP contribution in [0.15, 0.2) is 18.2 Å². The lowest BCUT2D eigenvalue weighted by atomic mass is 10.2. The molecule has 0 fully saturated rings. The summed E-state index contributed by atoms with van der Waals surface area (Å²) in [5, 5.41) is 5.08. The van der Waals surface area contributed by atoms with Gasteiger partial charge in [-0.2, -0.15) is 5.10 Å². The Hall–Kier alpha value is -1.11. The van der Waals surface area contributed by atoms with E-state index < -0.39 is 0 Å². The van der Waals surface area contributed by atoms with Gasteiger partial charge in [-0.25, -0.2) is 4.79 Å². The number of methoxy groups -OCH3 is 1. The van der Waals surface area contributed by atoms with Crippen LogP contribution in [-0.2, 0) is 11.8 Å². The lowest BCUT2D eigenvalue weighted by Gasteiger charge is -1.99. The Kier molecular flexibility index (Phi) is 2.64. The summed E-state index contributed by atoms with van der Waals surface area (Å²) in [7, 11) is 3.10. The zero-order valence-electron chi connectivity index (χ0n) is 8.32. The van der Waals surface area contributed by atoms with Gasteiger partial charge in [0.25, 0.3) is 0 Å². The van der Waals surface area contributed by atoms with Crippen LogP contribution in [0.1, 0.15) is 10.5 Å². The third-order valence-electron chi connectivity index (χ3n) is 2.17. The minimum absolute atomic E-state index is 0.360. The Morgan fingerprint density at radius 1 is 1.53 bits per heavy atom. The van der Waals surface area contributed by atoms with E-state index in [1.807, 2.05) is 18.2 Å². The van der Waals surface area contributed by atoms with Gasteiger partial charge in [0.2, 0.25) is 0 Å². The number of aryl methyl sites for hydroxylation is 1. The van der Waals surface area contributed by atoms with E-state index >= 15 is 0 Å². The molecular weight excluding hydrogens is 307 g/mol. The zero-order valence-corrected chi connectivity index (χ0v) is 10.5. The molecule has 0 N–H and O–H groups in total. The molecule has 0 saturated carbocycles. The van der Waals surface area contributed by atoms with Crippen LogP contribution in [0.25, 0.3) is 10.9 Å². The summed E-state index contributed by atoms with van der Waals surface area (Å²) in [6.45, 7) is 0. The summed E-state index contributed by atoms with van der Waals surface area (Å²) in [4.78, 5) is 11.5. The van der Waals surface area contributed by atoms with Crippen molar-refractivity contribution in [3.63, 3.8) is 0 Å². The Bertz CT molecular complexity index is 533. The average molecular weight is 316 g/mol. The third kappa shape index (κ3) is 1.71. The Morgan fingerprint density at radius 2 is 2.27 bits per heavy atom. The number of esters is 1. The molecule has 0 aliphatic rings. The van der Waals surface area contributed by atoms with Crippen molar-refractivity contribution >= 4 is 39.5 Å². The molecule has 1 aromatic heterocycles. The van der Waals surface area contributed by atoms with E-state index in [2.05, 4.69) is 27.7 Å². The number of aromatic nitrogens is 2. The highest BCUT2D eigenvalue weighted by Crippen LogP contribution is 2.20.